The van der Waals surface area contributed by atoms with E-state index in [4.69, 9.17) is 5.73 Å². The van der Waals surface area contributed by atoms with Gasteiger partial charge in [0.15, 0.2) is 0 Å². The zero-order valence-corrected chi connectivity index (χ0v) is 9.14. The Bertz CT molecular complexity index is 667. The minimum Gasteiger partial charge on any atom is -0.325 e. The molecular weight excluding hydrogens is 198 g/mol. The number of imidazole rings is 1. The van der Waals surface area contributed by atoms with Crippen molar-refractivity contribution in [1.82, 2.24) is 9.38 Å². The average molecular weight is 211 g/mol. The van der Waals surface area contributed by atoms with E-state index in [1.807, 2.05) is 12.3 Å². The van der Waals surface area contributed by atoms with Crippen LogP contribution >= 0.6 is 0 Å². The molecule has 16 heavy (non-hydrogen) atoms. The SMILES string of the molecule is Cc1ccc2ccc3nc(CN)cn3c2c1. The molecule has 2 heterocycles. The Kier molecular flexibility index (Phi) is 1.94. The predicted molar refractivity (Wildman–Crippen MR) is 65.3 cm³/mol. The number of benzene rings is 1. The van der Waals surface area contributed by atoms with Gasteiger partial charge in [0, 0.05) is 12.7 Å². The van der Waals surface area contributed by atoms with Gasteiger partial charge in [-0.15, -0.1) is 0 Å². The summed E-state index contributed by atoms with van der Waals surface area (Å²) in [6.45, 7) is 2.58. The molecule has 3 rings (SSSR count). The van der Waals surface area contributed by atoms with Crippen molar-refractivity contribution in [1.29, 1.82) is 0 Å². The molecule has 0 aliphatic heterocycles. The van der Waals surface area contributed by atoms with Gasteiger partial charge in [-0.3, -0.25) is 4.40 Å². The minimum atomic E-state index is 0.481. The normalized spacial score (nSPS) is 11.4. The van der Waals surface area contributed by atoms with Gasteiger partial charge in [0.05, 0.1) is 11.2 Å². The van der Waals surface area contributed by atoms with Crippen LogP contribution in [-0.2, 0) is 6.54 Å². The van der Waals surface area contributed by atoms with Crippen molar-refractivity contribution in [2.45, 2.75) is 13.5 Å². The van der Waals surface area contributed by atoms with E-state index >= 15 is 0 Å². The highest BCUT2D eigenvalue weighted by Gasteiger charge is 2.03. The second-order valence-corrected chi connectivity index (χ2v) is 4.06. The molecule has 2 aromatic heterocycles. The third-order valence-corrected chi connectivity index (χ3v) is 2.85. The summed E-state index contributed by atoms with van der Waals surface area (Å²) in [5.41, 5.74) is 9.93. The lowest BCUT2D eigenvalue weighted by Crippen LogP contribution is -1.95. The van der Waals surface area contributed by atoms with Gasteiger partial charge in [-0.25, -0.2) is 4.98 Å². The monoisotopic (exact) mass is 211 g/mol. The molecule has 3 heteroatoms. The maximum atomic E-state index is 5.61. The number of rotatable bonds is 1. The van der Waals surface area contributed by atoms with Gasteiger partial charge in [0.25, 0.3) is 0 Å². The summed E-state index contributed by atoms with van der Waals surface area (Å²) in [5, 5.41) is 1.22. The van der Waals surface area contributed by atoms with E-state index < -0.39 is 0 Å². The number of hydrogen-bond acceptors (Lipinski definition) is 2. The van der Waals surface area contributed by atoms with Gasteiger partial charge in [-0.2, -0.15) is 0 Å². The average Bonchev–Trinajstić information content (AvgIpc) is 2.72. The van der Waals surface area contributed by atoms with Gasteiger partial charge in [0.2, 0.25) is 0 Å². The van der Waals surface area contributed by atoms with Crippen LogP contribution in [0, 0.1) is 6.92 Å². The topological polar surface area (TPSA) is 43.3 Å². The van der Waals surface area contributed by atoms with Gasteiger partial charge >= 0.3 is 0 Å². The number of aryl methyl sites for hydroxylation is 1. The number of nitrogens with two attached hydrogens (primary N) is 1. The first-order valence-corrected chi connectivity index (χ1v) is 5.35. The van der Waals surface area contributed by atoms with Crippen LogP contribution in [-0.4, -0.2) is 9.38 Å². The van der Waals surface area contributed by atoms with E-state index in [-0.39, 0.29) is 0 Å². The largest absolute Gasteiger partial charge is 0.325 e. The third kappa shape index (κ3) is 1.29. The van der Waals surface area contributed by atoms with Crippen LogP contribution in [0.3, 0.4) is 0 Å². The zero-order chi connectivity index (χ0) is 11.1. The van der Waals surface area contributed by atoms with E-state index in [0.717, 1.165) is 11.3 Å². The van der Waals surface area contributed by atoms with Gasteiger partial charge in [0.1, 0.15) is 5.65 Å². The fourth-order valence-corrected chi connectivity index (χ4v) is 2.02. The zero-order valence-electron chi connectivity index (χ0n) is 9.14. The number of aromatic nitrogens is 2. The number of nitrogens with zero attached hydrogens (tertiary/aromatic N) is 2. The standard InChI is InChI=1S/C13H13N3/c1-9-2-3-10-4-5-13-15-11(7-14)8-16(13)12(10)6-9/h2-6,8H,7,14H2,1H3. The number of fused-ring (bicyclic) bond motifs is 3. The van der Waals surface area contributed by atoms with E-state index in [9.17, 15) is 0 Å². The van der Waals surface area contributed by atoms with Gasteiger partial charge < -0.3 is 5.73 Å². The first-order chi connectivity index (χ1) is 7.78. The number of pyridine rings is 1. The molecule has 3 aromatic rings. The Morgan fingerprint density at radius 2 is 2.06 bits per heavy atom. The Hall–Kier alpha value is -1.87. The molecule has 80 valence electrons. The fourth-order valence-electron chi connectivity index (χ4n) is 2.02. The predicted octanol–water partition coefficient (Wildman–Crippen LogP) is 2.25. The van der Waals surface area contributed by atoms with Crippen LogP contribution in [0.4, 0.5) is 0 Å². The highest BCUT2D eigenvalue weighted by atomic mass is 15.0. The van der Waals surface area contributed by atoms with Crippen molar-refractivity contribution in [2.24, 2.45) is 5.73 Å². The molecule has 0 bridgehead atoms. The van der Waals surface area contributed by atoms with Crippen molar-refractivity contribution < 1.29 is 0 Å². The van der Waals surface area contributed by atoms with Crippen LogP contribution in [0.1, 0.15) is 11.3 Å². The van der Waals surface area contributed by atoms with Crippen molar-refractivity contribution in [2.75, 3.05) is 0 Å². The molecular formula is C13H13N3. The molecule has 0 aliphatic rings. The van der Waals surface area contributed by atoms with Crippen molar-refractivity contribution >= 4 is 16.6 Å². The fraction of sp³-hybridized carbons (Fsp3) is 0.154. The van der Waals surface area contributed by atoms with Gasteiger partial charge in [-0.05, 0) is 36.1 Å². The Labute approximate surface area is 93.5 Å². The maximum absolute atomic E-state index is 5.61. The van der Waals surface area contributed by atoms with E-state index in [1.165, 1.54) is 16.5 Å². The minimum absolute atomic E-state index is 0.481. The van der Waals surface area contributed by atoms with Crippen molar-refractivity contribution in [3.63, 3.8) is 0 Å². The molecule has 1 aromatic carbocycles. The van der Waals surface area contributed by atoms with Crippen molar-refractivity contribution in [3.05, 3.63) is 47.8 Å². The summed E-state index contributed by atoms with van der Waals surface area (Å²) in [7, 11) is 0. The summed E-state index contributed by atoms with van der Waals surface area (Å²) in [4.78, 5) is 4.45. The van der Waals surface area contributed by atoms with E-state index in [2.05, 4.69) is 40.6 Å². The lowest BCUT2D eigenvalue weighted by Gasteiger charge is -2.02. The number of hydrogen-bond donors (Lipinski definition) is 1. The van der Waals surface area contributed by atoms with Crippen LogP contribution in [0.5, 0.6) is 0 Å². The smallest absolute Gasteiger partial charge is 0.137 e. The summed E-state index contributed by atoms with van der Waals surface area (Å²) < 4.78 is 2.10. The highest BCUT2D eigenvalue weighted by molar-refractivity contribution is 5.82. The molecule has 0 spiro atoms. The third-order valence-electron chi connectivity index (χ3n) is 2.85. The first-order valence-electron chi connectivity index (χ1n) is 5.35. The molecule has 3 nitrogen and oxygen atoms in total. The lowest BCUT2D eigenvalue weighted by atomic mass is 10.1. The molecule has 0 aliphatic carbocycles. The maximum Gasteiger partial charge on any atom is 0.137 e. The molecule has 0 saturated heterocycles. The van der Waals surface area contributed by atoms with Gasteiger partial charge in [-0.1, -0.05) is 12.1 Å². The molecule has 0 fully saturated rings. The van der Waals surface area contributed by atoms with E-state index in [1.54, 1.807) is 0 Å². The summed E-state index contributed by atoms with van der Waals surface area (Å²) in [6, 6.07) is 10.5. The first kappa shape index (κ1) is 9.36. The quantitative estimate of drug-likeness (QED) is 0.671. The van der Waals surface area contributed by atoms with Crippen LogP contribution in [0.2, 0.25) is 0 Å². The summed E-state index contributed by atoms with van der Waals surface area (Å²) >= 11 is 0. The molecule has 0 saturated carbocycles. The van der Waals surface area contributed by atoms with Crippen molar-refractivity contribution in [3.8, 4) is 0 Å². The van der Waals surface area contributed by atoms with Crippen LogP contribution < -0.4 is 5.73 Å². The Morgan fingerprint density at radius 1 is 1.25 bits per heavy atom. The molecule has 0 atom stereocenters. The summed E-state index contributed by atoms with van der Waals surface area (Å²) in [5.74, 6) is 0. The molecule has 0 amide bonds. The van der Waals surface area contributed by atoms with E-state index in [0.29, 0.717) is 6.54 Å². The second-order valence-electron chi connectivity index (χ2n) is 4.06. The molecule has 2 N–H and O–H groups in total. The van der Waals surface area contributed by atoms with Crippen LogP contribution in [0.25, 0.3) is 16.6 Å². The lowest BCUT2D eigenvalue weighted by molar-refractivity contribution is 1.02. The molecule has 0 unspecified atom stereocenters. The van der Waals surface area contributed by atoms with Crippen LogP contribution in [0.15, 0.2) is 36.5 Å². The second kappa shape index (κ2) is 3.32. The Balaban J connectivity index is 2.46. The molecule has 0 radical (unpaired) electrons. The highest BCUT2D eigenvalue weighted by Crippen LogP contribution is 2.18. The Morgan fingerprint density at radius 3 is 2.88 bits per heavy atom. The summed E-state index contributed by atoms with van der Waals surface area (Å²) in [6.07, 6.45) is 2.01.